The quantitative estimate of drug-likeness (QED) is 0.176. The van der Waals surface area contributed by atoms with Gasteiger partial charge in [-0.3, -0.25) is 0 Å². The Morgan fingerprint density at radius 2 is 1.18 bits per heavy atom. The normalized spacial score (nSPS) is 23.7. The first-order chi connectivity index (χ1) is 30.4. The number of nitrogens with zero attached hydrogens (tertiary/aromatic N) is 2. The highest BCUT2D eigenvalue weighted by atomic mass is 32.3. The van der Waals surface area contributed by atoms with Gasteiger partial charge >= 0.3 is 0 Å². The van der Waals surface area contributed by atoms with Crippen molar-refractivity contribution in [1.82, 2.24) is 9.97 Å². The zero-order chi connectivity index (χ0) is 40.9. The van der Waals surface area contributed by atoms with Gasteiger partial charge in [-0.25, -0.2) is 9.97 Å². The first-order valence-electron chi connectivity index (χ1n) is 22.5. The Bertz CT molecular complexity index is 3310. The second-order valence-corrected chi connectivity index (χ2v) is 23.9. The largest absolute Gasteiger partial charge is 0.226 e. The number of aromatic nitrogens is 2. The molecule has 5 aliphatic carbocycles. The molecule has 300 valence electrons. The lowest BCUT2D eigenvalue weighted by Gasteiger charge is -2.61. The van der Waals surface area contributed by atoms with Gasteiger partial charge in [0.2, 0.25) is 0 Å². The van der Waals surface area contributed by atoms with Gasteiger partial charge in [-0.05, 0) is 154 Å². The van der Waals surface area contributed by atoms with E-state index in [4.69, 9.17) is 9.97 Å². The molecule has 0 amide bonds. The Kier molecular flexibility index (Phi) is 7.42. The number of benzene rings is 7. The van der Waals surface area contributed by atoms with Crippen molar-refractivity contribution in [1.29, 1.82) is 0 Å². The summed E-state index contributed by atoms with van der Waals surface area (Å²) in [7, 11) is -1.11. The van der Waals surface area contributed by atoms with E-state index in [0.29, 0.717) is 0 Å². The summed E-state index contributed by atoms with van der Waals surface area (Å²) in [6.07, 6.45) is 12.1. The molecular weight excluding hydrogens is 789 g/mol. The molecule has 2 aromatic heterocycles. The highest BCUT2D eigenvalue weighted by molar-refractivity contribution is 8.33. The Balaban J connectivity index is 0.897. The molecule has 15 rings (SSSR count). The molecule has 2 nitrogen and oxygen atoms in total. The van der Waals surface area contributed by atoms with E-state index in [2.05, 4.69) is 170 Å². The van der Waals surface area contributed by atoms with Gasteiger partial charge in [0.15, 0.2) is 5.82 Å². The SMILES string of the molecule is CS1(C)c2ccccc2-c2cc3c(cc21)C1(c2cccc(-c4cccc(-c5ccc(-c6nc(-c7ccccc7)c7sc8ccccc8c7n6)cc5)c4)c2-3)C2CC3CC(C2)CC1C3. The predicted molar refractivity (Wildman–Crippen MR) is 261 cm³/mol. The average Bonchev–Trinajstić information content (AvgIpc) is 3.91. The van der Waals surface area contributed by atoms with Gasteiger partial charge in [0.25, 0.3) is 0 Å². The van der Waals surface area contributed by atoms with E-state index in [1.807, 2.05) is 0 Å². The summed E-state index contributed by atoms with van der Waals surface area (Å²) in [5.74, 6) is 4.05. The molecule has 0 saturated heterocycles. The summed E-state index contributed by atoms with van der Waals surface area (Å²) >= 11 is 1.78. The number of hydrogen-bond donors (Lipinski definition) is 0. The van der Waals surface area contributed by atoms with E-state index >= 15 is 0 Å². The lowest BCUT2D eigenvalue weighted by atomic mass is 9.43. The number of thiophene rings is 1. The minimum Gasteiger partial charge on any atom is -0.226 e. The summed E-state index contributed by atoms with van der Waals surface area (Å²) in [5, 5.41) is 1.19. The lowest BCUT2D eigenvalue weighted by Crippen LogP contribution is -2.55. The van der Waals surface area contributed by atoms with Crippen molar-refractivity contribution in [3.63, 3.8) is 0 Å². The third-order valence-electron chi connectivity index (χ3n) is 16.0. The molecule has 4 saturated carbocycles. The van der Waals surface area contributed by atoms with Gasteiger partial charge < -0.3 is 0 Å². The van der Waals surface area contributed by atoms with Gasteiger partial charge in [0, 0.05) is 36.4 Å². The van der Waals surface area contributed by atoms with Crippen molar-refractivity contribution in [3.05, 3.63) is 169 Å². The molecule has 0 unspecified atom stereocenters. The van der Waals surface area contributed by atoms with Crippen LogP contribution in [0, 0.1) is 23.7 Å². The predicted octanol–water partition coefficient (Wildman–Crippen LogP) is 15.7. The molecule has 4 heteroatoms. The summed E-state index contributed by atoms with van der Waals surface area (Å²) in [5.41, 5.74) is 18.6. The van der Waals surface area contributed by atoms with Crippen molar-refractivity contribution in [2.45, 2.75) is 47.3 Å². The molecule has 0 N–H and O–H groups in total. The minimum absolute atomic E-state index is 0.113. The third kappa shape index (κ3) is 4.83. The van der Waals surface area contributed by atoms with E-state index in [9.17, 15) is 0 Å². The van der Waals surface area contributed by atoms with E-state index in [-0.39, 0.29) is 5.41 Å². The maximum absolute atomic E-state index is 5.25. The molecule has 3 heterocycles. The summed E-state index contributed by atoms with van der Waals surface area (Å²) in [6, 6.07) is 59.5. The van der Waals surface area contributed by atoms with Crippen LogP contribution in [0.25, 0.3) is 87.5 Å². The zero-order valence-corrected chi connectivity index (χ0v) is 36.7. The van der Waals surface area contributed by atoms with Crippen LogP contribution in [0.1, 0.15) is 43.2 Å². The standard InChI is InChI=1S/C58H46N2S2/c1-62(2)51-21-9-7-16-44(51)46-32-47-49(33-52(46)62)58(41-27-34-26-35(29-41)30-42(58)28-34)48-19-11-18-43(53(47)48)40-15-10-14-39(31-40)36-22-24-38(25-23-36)57-59-54(37-12-4-3-5-13-37)56-55(60-57)45-17-6-8-20-50(45)61-56/h3-25,31-35,41-42H,26-30H2,1-2H3. The van der Waals surface area contributed by atoms with Crippen molar-refractivity contribution < 1.29 is 0 Å². The molecule has 7 aromatic carbocycles. The second-order valence-electron chi connectivity index (χ2n) is 19.3. The molecule has 0 radical (unpaired) electrons. The van der Waals surface area contributed by atoms with E-state index in [0.717, 1.165) is 56.5 Å². The van der Waals surface area contributed by atoms with Gasteiger partial charge in [0.05, 0.1) is 15.9 Å². The first-order valence-corrected chi connectivity index (χ1v) is 25.8. The van der Waals surface area contributed by atoms with E-state index in [1.165, 1.54) is 86.7 Å². The molecule has 0 atom stereocenters. The van der Waals surface area contributed by atoms with E-state index in [1.54, 1.807) is 32.3 Å². The number of hydrogen-bond acceptors (Lipinski definition) is 3. The van der Waals surface area contributed by atoms with Crippen LogP contribution in [-0.2, 0) is 5.41 Å². The van der Waals surface area contributed by atoms with Crippen LogP contribution in [0.5, 0.6) is 0 Å². The van der Waals surface area contributed by atoms with Crippen LogP contribution in [-0.4, -0.2) is 22.5 Å². The smallest absolute Gasteiger partial charge is 0.160 e. The Morgan fingerprint density at radius 1 is 0.500 bits per heavy atom. The highest BCUT2D eigenvalue weighted by Gasteiger charge is 2.62. The molecule has 4 bridgehead atoms. The van der Waals surface area contributed by atoms with E-state index < -0.39 is 10.0 Å². The third-order valence-corrected chi connectivity index (χ3v) is 20.0. The van der Waals surface area contributed by atoms with Crippen LogP contribution in [0.4, 0.5) is 0 Å². The monoisotopic (exact) mass is 834 g/mol. The Morgan fingerprint density at radius 3 is 2.00 bits per heavy atom. The van der Waals surface area contributed by atoms with Crippen molar-refractivity contribution in [2.75, 3.05) is 12.5 Å². The van der Waals surface area contributed by atoms with Gasteiger partial charge in [0.1, 0.15) is 0 Å². The molecule has 9 aromatic rings. The molecule has 62 heavy (non-hydrogen) atoms. The molecule has 1 aliphatic heterocycles. The van der Waals surface area contributed by atoms with Crippen LogP contribution in [0.15, 0.2) is 168 Å². The van der Waals surface area contributed by atoms with Gasteiger partial charge in [-0.15, -0.1) is 11.3 Å². The fourth-order valence-electron chi connectivity index (χ4n) is 13.6. The minimum atomic E-state index is -1.11. The Labute approximate surface area is 369 Å². The van der Waals surface area contributed by atoms with Crippen molar-refractivity contribution in [3.8, 4) is 67.2 Å². The summed E-state index contributed by atoms with van der Waals surface area (Å²) in [6.45, 7) is 0. The molecular formula is C58H46N2S2. The number of fused-ring (bicyclic) bond motifs is 9. The van der Waals surface area contributed by atoms with Crippen LogP contribution >= 0.6 is 21.4 Å². The first kappa shape index (κ1) is 35.8. The van der Waals surface area contributed by atoms with Crippen molar-refractivity contribution in [2.24, 2.45) is 23.7 Å². The highest BCUT2D eigenvalue weighted by Crippen LogP contribution is 2.74. The maximum Gasteiger partial charge on any atom is 0.160 e. The van der Waals surface area contributed by atoms with Gasteiger partial charge in [-0.1, -0.05) is 127 Å². The molecule has 1 spiro atoms. The fourth-order valence-corrected chi connectivity index (χ4v) is 17.3. The fraction of sp³-hybridized carbons (Fsp3) is 0.207. The second kappa shape index (κ2) is 12.9. The lowest BCUT2D eigenvalue weighted by molar-refractivity contribution is -0.0400. The summed E-state index contributed by atoms with van der Waals surface area (Å²) in [4.78, 5) is 13.6. The van der Waals surface area contributed by atoms with Crippen LogP contribution < -0.4 is 0 Å². The van der Waals surface area contributed by atoms with Crippen LogP contribution in [0.2, 0.25) is 0 Å². The van der Waals surface area contributed by atoms with Crippen LogP contribution in [0.3, 0.4) is 0 Å². The Hall–Kier alpha value is -5.81. The summed E-state index contributed by atoms with van der Waals surface area (Å²) < 4.78 is 2.37. The number of rotatable bonds is 4. The maximum atomic E-state index is 5.25. The average molecular weight is 835 g/mol. The van der Waals surface area contributed by atoms with Crippen molar-refractivity contribution >= 4 is 41.7 Å². The topological polar surface area (TPSA) is 25.8 Å². The molecule has 4 fully saturated rings. The zero-order valence-electron chi connectivity index (χ0n) is 35.1. The van der Waals surface area contributed by atoms with Gasteiger partial charge in [-0.2, -0.15) is 10.0 Å². The molecule has 6 aliphatic rings.